The van der Waals surface area contributed by atoms with Crippen LogP contribution in [0.1, 0.15) is 75.3 Å². The molecule has 0 aromatic heterocycles. The van der Waals surface area contributed by atoms with Crippen molar-refractivity contribution >= 4 is 12.4 Å². The molecule has 0 amide bonds. The number of hydrogen-bond acceptors (Lipinski definition) is 3. The average molecular weight is 370 g/mol. The second kappa shape index (κ2) is 11.2. The lowest BCUT2D eigenvalue weighted by atomic mass is 9.77. The smallest absolute Gasteiger partial charge is 0.0633 e. The number of aliphatic hydroxyl groups excluding tert-OH is 2. The lowest BCUT2D eigenvalue weighted by molar-refractivity contribution is 0.115. The highest BCUT2D eigenvalue weighted by Crippen LogP contribution is 2.37. The number of unbranched alkanes of at least 4 members (excludes halogenated alkanes) is 1. The maximum absolute atomic E-state index is 9.27. The highest BCUT2D eigenvalue weighted by molar-refractivity contribution is 5.85. The molecule has 0 spiro atoms. The van der Waals surface area contributed by atoms with Crippen LogP contribution in [0.3, 0.4) is 0 Å². The van der Waals surface area contributed by atoms with Gasteiger partial charge in [0.05, 0.1) is 18.8 Å². The van der Waals surface area contributed by atoms with Crippen LogP contribution >= 0.6 is 12.4 Å². The zero-order chi connectivity index (χ0) is 17.4. The normalized spacial score (nSPS) is 21.0. The van der Waals surface area contributed by atoms with Gasteiger partial charge in [-0.15, -0.1) is 12.4 Å². The van der Waals surface area contributed by atoms with Crippen LogP contribution in [0.2, 0.25) is 0 Å². The molecule has 0 atom stereocenters. The topological polar surface area (TPSA) is 66.5 Å². The monoisotopic (exact) mass is 369 g/mol. The van der Waals surface area contributed by atoms with Crippen LogP contribution in [-0.2, 0) is 6.42 Å². The van der Waals surface area contributed by atoms with Crippen molar-refractivity contribution in [1.82, 2.24) is 0 Å². The molecule has 0 aliphatic heterocycles. The third-order valence-corrected chi connectivity index (χ3v) is 5.81. The number of aryl methyl sites for hydroxylation is 1. The first-order valence-corrected chi connectivity index (χ1v) is 9.69. The molecule has 4 heteroatoms. The Bertz CT molecular complexity index is 465. The average Bonchev–Trinajstić information content (AvgIpc) is 2.65. The van der Waals surface area contributed by atoms with E-state index in [1.807, 2.05) is 0 Å². The Hall–Kier alpha value is -0.610. The van der Waals surface area contributed by atoms with Crippen molar-refractivity contribution in [2.45, 2.75) is 76.2 Å². The summed E-state index contributed by atoms with van der Waals surface area (Å²) < 4.78 is 0. The standard InChI is InChI=1S/C21H35NO2.ClH/c1-2-3-4-17-5-9-19(10-6-17)20-11-7-18(8-12-20)13-14-21(22,15-23)16-24;/h7-8,11-12,17,19,23-24H,2-6,9-10,13-16,22H2,1H3;1H. The van der Waals surface area contributed by atoms with Gasteiger partial charge >= 0.3 is 0 Å². The van der Waals surface area contributed by atoms with Gasteiger partial charge < -0.3 is 15.9 Å². The molecule has 1 aliphatic rings. The molecule has 1 aromatic rings. The maximum Gasteiger partial charge on any atom is 0.0633 e. The predicted molar refractivity (Wildman–Crippen MR) is 107 cm³/mol. The Kier molecular flexibility index (Phi) is 10.0. The zero-order valence-electron chi connectivity index (χ0n) is 15.6. The van der Waals surface area contributed by atoms with Crippen molar-refractivity contribution < 1.29 is 10.2 Å². The van der Waals surface area contributed by atoms with Gasteiger partial charge in [0.2, 0.25) is 0 Å². The molecule has 0 heterocycles. The van der Waals surface area contributed by atoms with E-state index >= 15 is 0 Å². The molecule has 3 nitrogen and oxygen atoms in total. The summed E-state index contributed by atoms with van der Waals surface area (Å²) in [5.74, 6) is 1.68. The highest BCUT2D eigenvalue weighted by atomic mass is 35.5. The third kappa shape index (κ3) is 6.90. The molecule has 1 aliphatic carbocycles. The molecule has 0 saturated heterocycles. The summed E-state index contributed by atoms with van der Waals surface area (Å²) in [5, 5.41) is 18.5. The van der Waals surface area contributed by atoms with Crippen molar-refractivity contribution in [2.75, 3.05) is 13.2 Å². The summed E-state index contributed by atoms with van der Waals surface area (Å²) in [6, 6.07) is 8.91. The lowest BCUT2D eigenvalue weighted by Crippen LogP contribution is -2.47. The van der Waals surface area contributed by atoms with E-state index in [0.717, 1.165) is 18.3 Å². The summed E-state index contributed by atoms with van der Waals surface area (Å²) >= 11 is 0. The molecule has 1 saturated carbocycles. The number of rotatable bonds is 9. The van der Waals surface area contributed by atoms with E-state index in [2.05, 4.69) is 31.2 Å². The SMILES string of the molecule is CCCCC1CCC(c2ccc(CCC(N)(CO)CO)cc2)CC1.Cl. The first-order valence-electron chi connectivity index (χ1n) is 9.69. The second-order valence-electron chi connectivity index (χ2n) is 7.78. The molecular weight excluding hydrogens is 334 g/mol. The lowest BCUT2D eigenvalue weighted by Gasteiger charge is -2.29. The minimum atomic E-state index is -0.866. The van der Waals surface area contributed by atoms with Gasteiger partial charge in [0.25, 0.3) is 0 Å². The summed E-state index contributed by atoms with van der Waals surface area (Å²) in [4.78, 5) is 0. The van der Waals surface area contributed by atoms with Gasteiger partial charge in [-0.1, -0.05) is 50.5 Å². The molecular formula is C21H36ClNO2. The van der Waals surface area contributed by atoms with Crippen molar-refractivity contribution in [1.29, 1.82) is 0 Å². The molecule has 144 valence electrons. The Morgan fingerprint density at radius 3 is 2.16 bits per heavy atom. The Balaban J connectivity index is 0.00000312. The minimum absolute atomic E-state index is 0. The van der Waals surface area contributed by atoms with E-state index in [9.17, 15) is 10.2 Å². The van der Waals surface area contributed by atoms with Crippen molar-refractivity contribution in [3.8, 4) is 0 Å². The van der Waals surface area contributed by atoms with Crippen LogP contribution in [-0.4, -0.2) is 29.0 Å². The fourth-order valence-corrected chi connectivity index (χ4v) is 3.84. The molecule has 1 fully saturated rings. The quantitative estimate of drug-likeness (QED) is 0.611. The molecule has 0 bridgehead atoms. The summed E-state index contributed by atoms with van der Waals surface area (Å²) in [7, 11) is 0. The van der Waals surface area contributed by atoms with Crippen LogP contribution < -0.4 is 5.73 Å². The first kappa shape index (κ1) is 22.4. The van der Waals surface area contributed by atoms with Gasteiger partial charge in [0, 0.05) is 0 Å². The molecule has 1 aromatic carbocycles. The van der Waals surface area contributed by atoms with Gasteiger partial charge in [-0.25, -0.2) is 0 Å². The largest absolute Gasteiger partial charge is 0.394 e. The summed E-state index contributed by atoms with van der Waals surface area (Å²) in [6.45, 7) is 1.93. The summed E-state index contributed by atoms with van der Waals surface area (Å²) in [6.07, 6.45) is 10.9. The molecule has 0 radical (unpaired) electrons. The fourth-order valence-electron chi connectivity index (χ4n) is 3.84. The number of halogens is 1. The fraction of sp³-hybridized carbons (Fsp3) is 0.714. The molecule has 25 heavy (non-hydrogen) atoms. The summed E-state index contributed by atoms with van der Waals surface area (Å²) in [5.41, 5.74) is 7.77. The van der Waals surface area contributed by atoms with Gasteiger partial charge in [-0.2, -0.15) is 0 Å². The van der Waals surface area contributed by atoms with Crippen LogP contribution in [0.15, 0.2) is 24.3 Å². The molecule has 4 N–H and O–H groups in total. The van der Waals surface area contributed by atoms with Gasteiger partial charge in [0.15, 0.2) is 0 Å². The van der Waals surface area contributed by atoms with E-state index < -0.39 is 5.54 Å². The van der Waals surface area contributed by atoms with E-state index in [1.165, 1.54) is 56.1 Å². The maximum atomic E-state index is 9.27. The highest BCUT2D eigenvalue weighted by Gasteiger charge is 2.23. The van der Waals surface area contributed by atoms with Crippen LogP contribution in [0.25, 0.3) is 0 Å². The third-order valence-electron chi connectivity index (χ3n) is 5.81. The number of nitrogens with two attached hydrogens (primary N) is 1. The van der Waals surface area contributed by atoms with E-state index in [1.54, 1.807) is 0 Å². The minimum Gasteiger partial charge on any atom is -0.394 e. The van der Waals surface area contributed by atoms with Gasteiger partial charge in [-0.05, 0) is 61.5 Å². The Labute approximate surface area is 159 Å². The Morgan fingerprint density at radius 2 is 1.64 bits per heavy atom. The first-order chi connectivity index (χ1) is 11.6. The van der Waals surface area contributed by atoms with E-state index in [-0.39, 0.29) is 25.6 Å². The zero-order valence-corrected chi connectivity index (χ0v) is 16.4. The van der Waals surface area contributed by atoms with Crippen molar-refractivity contribution in [3.63, 3.8) is 0 Å². The van der Waals surface area contributed by atoms with Gasteiger partial charge in [-0.3, -0.25) is 0 Å². The van der Waals surface area contributed by atoms with Crippen LogP contribution in [0.4, 0.5) is 0 Å². The number of benzene rings is 1. The van der Waals surface area contributed by atoms with Crippen LogP contribution in [0, 0.1) is 5.92 Å². The van der Waals surface area contributed by atoms with E-state index in [4.69, 9.17) is 5.73 Å². The second-order valence-corrected chi connectivity index (χ2v) is 7.78. The molecule has 2 rings (SSSR count). The number of hydrogen-bond donors (Lipinski definition) is 3. The van der Waals surface area contributed by atoms with Crippen molar-refractivity contribution in [3.05, 3.63) is 35.4 Å². The Morgan fingerprint density at radius 1 is 1.04 bits per heavy atom. The number of aliphatic hydroxyl groups is 2. The van der Waals surface area contributed by atoms with Gasteiger partial charge in [0.1, 0.15) is 0 Å². The van der Waals surface area contributed by atoms with E-state index in [0.29, 0.717) is 6.42 Å². The predicted octanol–water partition coefficient (Wildman–Crippen LogP) is 4.19. The van der Waals surface area contributed by atoms with Crippen LogP contribution in [0.5, 0.6) is 0 Å². The molecule has 0 unspecified atom stereocenters. The van der Waals surface area contributed by atoms with Crippen molar-refractivity contribution in [2.24, 2.45) is 11.7 Å².